The van der Waals surface area contributed by atoms with Crippen LogP contribution >= 0.6 is 0 Å². The van der Waals surface area contributed by atoms with E-state index in [0.29, 0.717) is 0 Å². The number of imide groups is 1. The maximum Gasteiger partial charge on any atom is 0.422 e. The number of hydrogen-bond donors (Lipinski definition) is 2. The number of nitrogens with zero attached hydrogens (tertiary/aromatic N) is 1. The van der Waals surface area contributed by atoms with Crippen LogP contribution in [0, 0.1) is 0 Å². The molecule has 1 aliphatic heterocycles. The van der Waals surface area contributed by atoms with Gasteiger partial charge >= 0.3 is 12.3 Å². The van der Waals surface area contributed by atoms with Gasteiger partial charge in [-0.05, 0) is 13.8 Å². The van der Waals surface area contributed by atoms with Crippen molar-refractivity contribution in [3.05, 3.63) is 0 Å². The lowest BCUT2D eigenvalue weighted by Gasteiger charge is -2.19. The van der Waals surface area contributed by atoms with E-state index < -0.39 is 49.2 Å². The molecule has 0 aromatic carbocycles. The molecule has 8 nitrogen and oxygen atoms in total. The Morgan fingerprint density at radius 3 is 2.43 bits per heavy atom. The smallest absolute Gasteiger partial charge is 0.422 e. The van der Waals surface area contributed by atoms with Gasteiger partial charge in [0, 0.05) is 6.04 Å². The molecule has 0 spiro atoms. The molecule has 1 fully saturated rings. The summed E-state index contributed by atoms with van der Waals surface area (Å²) < 4.78 is 39.3. The molecule has 23 heavy (non-hydrogen) atoms. The monoisotopic (exact) mass is 339 g/mol. The first-order valence-corrected chi connectivity index (χ1v) is 6.64. The Kier molecular flexibility index (Phi) is 5.93. The molecule has 1 atom stereocenters. The highest BCUT2D eigenvalue weighted by molar-refractivity contribution is 6.07. The third-order valence-electron chi connectivity index (χ3n) is 2.79. The van der Waals surface area contributed by atoms with Crippen LogP contribution in [0.15, 0.2) is 0 Å². The molecular formula is C12H16F3N3O5. The zero-order valence-electron chi connectivity index (χ0n) is 12.4. The summed E-state index contributed by atoms with van der Waals surface area (Å²) in [5, 5.41) is 4.03. The molecule has 0 saturated carbocycles. The third kappa shape index (κ3) is 5.75. The van der Waals surface area contributed by atoms with Crippen molar-refractivity contribution in [3.8, 4) is 0 Å². The van der Waals surface area contributed by atoms with Crippen LogP contribution in [0.3, 0.4) is 0 Å². The molecule has 0 bridgehead atoms. The highest BCUT2D eigenvalue weighted by Crippen LogP contribution is 2.16. The molecule has 1 unspecified atom stereocenters. The van der Waals surface area contributed by atoms with E-state index in [1.54, 1.807) is 19.2 Å². The van der Waals surface area contributed by atoms with E-state index in [0.717, 1.165) is 4.90 Å². The first kappa shape index (κ1) is 18.7. The van der Waals surface area contributed by atoms with Gasteiger partial charge in [-0.15, -0.1) is 0 Å². The first-order chi connectivity index (χ1) is 10.5. The van der Waals surface area contributed by atoms with E-state index in [4.69, 9.17) is 0 Å². The van der Waals surface area contributed by atoms with Crippen molar-refractivity contribution < 1.29 is 37.1 Å². The molecule has 0 aromatic rings. The van der Waals surface area contributed by atoms with Crippen LogP contribution in [0.2, 0.25) is 0 Å². The molecule has 0 radical (unpaired) electrons. The number of alkyl halides is 3. The van der Waals surface area contributed by atoms with Gasteiger partial charge in [-0.25, -0.2) is 4.79 Å². The standard InChI is InChI=1S/C12H16F3N3O5/c1-6(2)18-9(20)3-7(10(18)21)17-8(19)4-16-11(22)23-5-12(13,14)15/h6-7H,3-5H2,1-2H3,(H,16,22)(H,17,19). The number of likely N-dealkylation sites (tertiary alicyclic amines) is 1. The van der Waals surface area contributed by atoms with Crippen LogP contribution in [-0.2, 0) is 19.1 Å². The van der Waals surface area contributed by atoms with E-state index in [2.05, 4.69) is 10.1 Å². The fourth-order valence-electron chi connectivity index (χ4n) is 1.90. The molecule has 11 heteroatoms. The zero-order chi connectivity index (χ0) is 17.8. The van der Waals surface area contributed by atoms with Crippen molar-refractivity contribution in [1.82, 2.24) is 15.5 Å². The van der Waals surface area contributed by atoms with Crippen molar-refractivity contribution in [3.63, 3.8) is 0 Å². The maximum atomic E-state index is 11.9. The van der Waals surface area contributed by atoms with Gasteiger partial charge in [0.25, 0.3) is 5.91 Å². The van der Waals surface area contributed by atoms with E-state index in [1.807, 2.05) is 0 Å². The Hall–Kier alpha value is -2.33. The number of carbonyl (C=O) groups excluding carboxylic acids is 4. The molecule has 1 saturated heterocycles. The fraction of sp³-hybridized carbons (Fsp3) is 0.667. The number of amides is 4. The molecular weight excluding hydrogens is 323 g/mol. The van der Waals surface area contributed by atoms with Gasteiger partial charge in [0.05, 0.1) is 6.42 Å². The topological polar surface area (TPSA) is 105 Å². The lowest BCUT2D eigenvalue weighted by atomic mass is 10.2. The molecule has 4 amide bonds. The maximum absolute atomic E-state index is 11.9. The van der Waals surface area contributed by atoms with E-state index in [9.17, 15) is 32.3 Å². The molecule has 1 aliphatic rings. The number of alkyl carbamates (subject to hydrolysis) is 1. The molecule has 2 N–H and O–H groups in total. The summed E-state index contributed by atoms with van der Waals surface area (Å²) in [5.41, 5.74) is 0. The fourth-order valence-corrected chi connectivity index (χ4v) is 1.90. The van der Waals surface area contributed by atoms with E-state index in [-0.39, 0.29) is 12.5 Å². The second-order valence-electron chi connectivity index (χ2n) is 5.06. The first-order valence-electron chi connectivity index (χ1n) is 6.64. The lowest BCUT2D eigenvalue weighted by Crippen LogP contribution is -2.47. The number of halogens is 3. The number of rotatable bonds is 5. The number of nitrogens with one attached hydrogen (secondary N) is 2. The minimum Gasteiger partial charge on any atom is -0.440 e. The van der Waals surface area contributed by atoms with Gasteiger partial charge in [-0.1, -0.05) is 0 Å². The quantitative estimate of drug-likeness (QED) is 0.682. The summed E-state index contributed by atoms with van der Waals surface area (Å²) in [7, 11) is 0. The zero-order valence-corrected chi connectivity index (χ0v) is 12.4. The predicted molar refractivity (Wildman–Crippen MR) is 68.9 cm³/mol. The number of hydrogen-bond acceptors (Lipinski definition) is 5. The average molecular weight is 339 g/mol. The molecule has 1 rings (SSSR count). The van der Waals surface area contributed by atoms with Crippen molar-refractivity contribution >= 4 is 23.8 Å². The Labute approximate surface area is 129 Å². The van der Waals surface area contributed by atoms with Crippen molar-refractivity contribution in [2.24, 2.45) is 0 Å². The Balaban J connectivity index is 2.39. The minimum atomic E-state index is -4.67. The summed E-state index contributed by atoms with van der Waals surface area (Å²) >= 11 is 0. The van der Waals surface area contributed by atoms with Gasteiger partial charge in [0.15, 0.2) is 6.61 Å². The molecule has 0 aromatic heterocycles. The largest absolute Gasteiger partial charge is 0.440 e. The van der Waals surface area contributed by atoms with Crippen LogP contribution < -0.4 is 10.6 Å². The van der Waals surface area contributed by atoms with Crippen LogP contribution in [0.4, 0.5) is 18.0 Å². The summed E-state index contributed by atoms with van der Waals surface area (Å²) in [6, 6.07) is -1.40. The van der Waals surface area contributed by atoms with Gasteiger partial charge in [0.1, 0.15) is 12.6 Å². The Bertz CT molecular complexity index is 507. The second kappa shape index (κ2) is 7.29. The predicted octanol–water partition coefficient (Wildman–Crippen LogP) is -0.0730. The summed E-state index contributed by atoms with van der Waals surface area (Å²) in [6.07, 6.45) is -6.30. The van der Waals surface area contributed by atoms with Crippen LogP contribution in [0.5, 0.6) is 0 Å². The van der Waals surface area contributed by atoms with Gasteiger partial charge in [0.2, 0.25) is 11.8 Å². The lowest BCUT2D eigenvalue weighted by molar-refractivity contribution is -0.160. The van der Waals surface area contributed by atoms with Crippen LogP contribution in [0.1, 0.15) is 20.3 Å². The normalized spacial score (nSPS) is 18.3. The SMILES string of the molecule is CC(C)N1C(=O)CC(NC(=O)CNC(=O)OCC(F)(F)F)C1=O. The number of carbonyl (C=O) groups is 4. The van der Waals surface area contributed by atoms with Crippen LogP contribution in [0.25, 0.3) is 0 Å². The summed E-state index contributed by atoms with van der Waals surface area (Å²) in [5.74, 6) is -1.84. The van der Waals surface area contributed by atoms with E-state index >= 15 is 0 Å². The summed E-state index contributed by atoms with van der Waals surface area (Å²) in [6.45, 7) is 0.812. The Morgan fingerprint density at radius 2 is 1.96 bits per heavy atom. The minimum absolute atomic E-state index is 0.207. The van der Waals surface area contributed by atoms with Gasteiger partial charge in [-0.3, -0.25) is 19.3 Å². The number of ether oxygens (including phenoxy) is 1. The van der Waals surface area contributed by atoms with Crippen molar-refractivity contribution in [1.29, 1.82) is 0 Å². The van der Waals surface area contributed by atoms with Crippen LogP contribution in [-0.4, -0.2) is 60.1 Å². The summed E-state index contributed by atoms with van der Waals surface area (Å²) in [4.78, 5) is 47.0. The molecule has 130 valence electrons. The van der Waals surface area contributed by atoms with E-state index in [1.165, 1.54) is 0 Å². The third-order valence-corrected chi connectivity index (χ3v) is 2.79. The van der Waals surface area contributed by atoms with Crippen molar-refractivity contribution in [2.75, 3.05) is 13.2 Å². The Morgan fingerprint density at radius 1 is 1.35 bits per heavy atom. The second-order valence-corrected chi connectivity index (χ2v) is 5.06. The van der Waals surface area contributed by atoms with Crippen molar-refractivity contribution in [2.45, 2.75) is 38.5 Å². The molecule has 1 heterocycles. The highest BCUT2D eigenvalue weighted by Gasteiger charge is 2.40. The van der Waals surface area contributed by atoms with Gasteiger partial charge < -0.3 is 15.4 Å². The average Bonchev–Trinajstić information content (AvgIpc) is 2.68. The van der Waals surface area contributed by atoms with Gasteiger partial charge in [-0.2, -0.15) is 13.2 Å². The molecule has 0 aliphatic carbocycles. The highest BCUT2D eigenvalue weighted by atomic mass is 19.4.